The van der Waals surface area contributed by atoms with Crippen LogP contribution in [0.3, 0.4) is 0 Å². The van der Waals surface area contributed by atoms with Crippen molar-refractivity contribution < 1.29 is 0 Å². The summed E-state index contributed by atoms with van der Waals surface area (Å²) in [4.78, 5) is 2.60. The summed E-state index contributed by atoms with van der Waals surface area (Å²) in [5, 5.41) is 3.66. The summed E-state index contributed by atoms with van der Waals surface area (Å²) < 4.78 is 1.30. The molecule has 2 unspecified atom stereocenters. The Hall–Kier alpha value is -0.130. The topological polar surface area (TPSA) is 15.3 Å². The summed E-state index contributed by atoms with van der Waals surface area (Å²) in [6.45, 7) is 9.56. The van der Waals surface area contributed by atoms with Gasteiger partial charge in [-0.15, -0.1) is 0 Å². The molecule has 1 aromatic carbocycles. The lowest BCUT2D eigenvalue weighted by molar-refractivity contribution is 0.279. The molecule has 2 rings (SSSR count). The molecule has 0 aromatic heterocycles. The minimum Gasteiger partial charge on any atom is -0.310 e. The van der Waals surface area contributed by atoms with Crippen molar-refractivity contribution in [3.63, 3.8) is 0 Å². The van der Waals surface area contributed by atoms with Crippen LogP contribution in [0.25, 0.3) is 0 Å². The minimum absolute atomic E-state index is 0.443. The molecule has 106 valence electrons. The molecule has 1 saturated heterocycles. The van der Waals surface area contributed by atoms with E-state index in [4.69, 9.17) is 0 Å². The maximum atomic E-state index is 3.66. The van der Waals surface area contributed by atoms with Gasteiger partial charge in [0.25, 0.3) is 0 Å². The number of benzene rings is 1. The number of nitrogens with zero attached hydrogens (tertiary/aromatic N) is 1. The SMILES string of the molecule is CC(CNC(C)c1ccc(I)cc1)CN1CCCC1. The largest absolute Gasteiger partial charge is 0.310 e. The van der Waals surface area contributed by atoms with Crippen molar-refractivity contribution in [3.8, 4) is 0 Å². The zero-order chi connectivity index (χ0) is 13.7. The van der Waals surface area contributed by atoms with Gasteiger partial charge in [0.1, 0.15) is 0 Å². The maximum absolute atomic E-state index is 3.66. The molecule has 1 aliphatic heterocycles. The molecular weight excluding hydrogens is 347 g/mol. The average Bonchev–Trinajstić information content (AvgIpc) is 2.89. The molecule has 1 aliphatic rings. The molecule has 2 nitrogen and oxygen atoms in total. The lowest BCUT2D eigenvalue weighted by atomic mass is 10.1. The van der Waals surface area contributed by atoms with Crippen LogP contribution in [-0.4, -0.2) is 31.1 Å². The van der Waals surface area contributed by atoms with Crippen molar-refractivity contribution >= 4 is 22.6 Å². The van der Waals surface area contributed by atoms with Crippen LogP contribution in [0.15, 0.2) is 24.3 Å². The van der Waals surface area contributed by atoms with Crippen molar-refractivity contribution in [2.24, 2.45) is 5.92 Å². The first kappa shape index (κ1) is 15.3. The predicted molar refractivity (Wildman–Crippen MR) is 90.4 cm³/mol. The zero-order valence-electron chi connectivity index (χ0n) is 12.0. The Morgan fingerprint density at radius 1 is 1.16 bits per heavy atom. The normalized spacial score (nSPS) is 19.5. The zero-order valence-corrected chi connectivity index (χ0v) is 14.2. The standard InChI is InChI=1S/C16H25IN2/c1-13(12-19-9-3-4-10-19)11-18-14(2)15-5-7-16(17)8-6-15/h5-8,13-14,18H,3-4,9-12H2,1-2H3. The van der Waals surface area contributed by atoms with Gasteiger partial charge < -0.3 is 10.2 Å². The molecule has 0 radical (unpaired) electrons. The van der Waals surface area contributed by atoms with Gasteiger partial charge in [-0.25, -0.2) is 0 Å². The van der Waals surface area contributed by atoms with Crippen LogP contribution in [-0.2, 0) is 0 Å². The van der Waals surface area contributed by atoms with Crippen LogP contribution in [0.2, 0.25) is 0 Å². The van der Waals surface area contributed by atoms with E-state index in [-0.39, 0.29) is 0 Å². The van der Waals surface area contributed by atoms with E-state index < -0.39 is 0 Å². The fourth-order valence-corrected chi connectivity index (χ4v) is 3.08. The quantitative estimate of drug-likeness (QED) is 0.767. The van der Waals surface area contributed by atoms with E-state index in [9.17, 15) is 0 Å². The Kier molecular flexibility index (Phi) is 6.10. The van der Waals surface area contributed by atoms with Crippen molar-refractivity contribution in [2.45, 2.75) is 32.7 Å². The Bertz CT molecular complexity index is 371. The summed E-state index contributed by atoms with van der Waals surface area (Å²) in [5.41, 5.74) is 1.38. The van der Waals surface area contributed by atoms with Gasteiger partial charge in [-0.05, 0) is 85.6 Å². The third-order valence-electron chi connectivity index (χ3n) is 3.91. The molecule has 0 saturated carbocycles. The first-order valence-electron chi connectivity index (χ1n) is 7.36. The van der Waals surface area contributed by atoms with Gasteiger partial charge in [0, 0.05) is 16.2 Å². The Morgan fingerprint density at radius 3 is 2.42 bits per heavy atom. The number of hydrogen-bond acceptors (Lipinski definition) is 2. The lowest BCUT2D eigenvalue weighted by Crippen LogP contribution is -2.32. The van der Waals surface area contributed by atoms with Gasteiger partial charge in [0.05, 0.1) is 0 Å². The summed E-state index contributed by atoms with van der Waals surface area (Å²) in [5.74, 6) is 0.726. The maximum Gasteiger partial charge on any atom is 0.0291 e. The summed E-state index contributed by atoms with van der Waals surface area (Å²) in [6, 6.07) is 9.26. The van der Waals surface area contributed by atoms with Crippen LogP contribution in [0.1, 0.15) is 38.3 Å². The van der Waals surface area contributed by atoms with E-state index in [1.165, 1.54) is 41.6 Å². The Morgan fingerprint density at radius 2 is 1.79 bits per heavy atom. The van der Waals surface area contributed by atoms with Gasteiger partial charge in [-0.3, -0.25) is 0 Å². The molecule has 0 bridgehead atoms. The van der Waals surface area contributed by atoms with Crippen molar-refractivity contribution in [1.82, 2.24) is 10.2 Å². The number of halogens is 1. The second-order valence-electron chi connectivity index (χ2n) is 5.79. The third-order valence-corrected chi connectivity index (χ3v) is 4.63. The molecule has 1 fully saturated rings. The van der Waals surface area contributed by atoms with E-state index in [1.807, 2.05) is 0 Å². The van der Waals surface area contributed by atoms with E-state index in [2.05, 4.69) is 70.9 Å². The van der Waals surface area contributed by atoms with Crippen LogP contribution in [0, 0.1) is 9.49 Å². The first-order valence-corrected chi connectivity index (χ1v) is 8.44. The third kappa shape index (κ3) is 5.04. The second-order valence-corrected chi connectivity index (χ2v) is 7.04. The Labute approximate surface area is 131 Å². The van der Waals surface area contributed by atoms with Gasteiger partial charge in [-0.1, -0.05) is 19.1 Å². The molecule has 0 amide bonds. The van der Waals surface area contributed by atoms with Crippen LogP contribution >= 0.6 is 22.6 Å². The highest BCUT2D eigenvalue weighted by Gasteiger charge is 2.15. The van der Waals surface area contributed by atoms with E-state index in [0.29, 0.717) is 6.04 Å². The first-order chi connectivity index (χ1) is 9.15. The molecule has 0 spiro atoms. The fourth-order valence-electron chi connectivity index (χ4n) is 2.72. The number of hydrogen-bond donors (Lipinski definition) is 1. The highest BCUT2D eigenvalue weighted by atomic mass is 127. The number of likely N-dealkylation sites (tertiary alicyclic amines) is 1. The van der Waals surface area contributed by atoms with Crippen molar-refractivity contribution in [3.05, 3.63) is 33.4 Å². The highest BCUT2D eigenvalue weighted by Crippen LogP contribution is 2.15. The predicted octanol–water partition coefficient (Wildman–Crippen LogP) is 3.67. The van der Waals surface area contributed by atoms with Crippen LogP contribution < -0.4 is 5.32 Å². The smallest absolute Gasteiger partial charge is 0.0291 e. The molecule has 1 N–H and O–H groups in total. The van der Waals surface area contributed by atoms with E-state index >= 15 is 0 Å². The molecule has 1 heterocycles. The summed E-state index contributed by atoms with van der Waals surface area (Å²) >= 11 is 2.35. The number of nitrogens with one attached hydrogen (secondary N) is 1. The highest BCUT2D eigenvalue weighted by molar-refractivity contribution is 14.1. The molecule has 3 heteroatoms. The van der Waals surface area contributed by atoms with Crippen molar-refractivity contribution in [1.29, 1.82) is 0 Å². The van der Waals surface area contributed by atoms with Gasteiger partial charge in [-0.2, -0.15) is 0 Å². The molecular formula is C16H25IN2. The van der Waals surface area contributed by atoms with Crippen LogP contribution in [0.5, 0.6) is 0 Å². The Balaban J connectivity index is 1.73. The number of rotatable bonds is 6. The monoisotopic (exact) mass is 372 g/mol. The van der Waals surface area contributed by atoms with Gasteiger partial charge in [0.2, 0.25) is 0 Å². The summed E-state index contributed by atoms with van der Waals surface area (Å²) in [7, 11) is 0. The molecule has 1 aromatic rings. The van der Waals surface area contributed by atoms with Gasteiger partial charge >= 0.3 is 0 Å². The van der Waals surface area contributed by atoms with Crippen LogP contribution in [0.4, 0.5) is 0 Å². The molecule has 2 atom stereocenters. The second kappa shape index (κ2) is 7.60. The van der Waals surface area contributed by atoms with Crippen molar-refractivity contribution in [2.75, 3.05) is 26.2 Å². The average molecular weight is 372 g/mol. The van der Waals surface area contributed by atoms with E-state index in [0.717, 1.165) is 12.5 Å². The summed E-state index contributed by atoms with van der Waals surface area (Å²) in [6.07, 6.45) is 2.78. The minimum atomic E-state index is 0.443. The van der Waals surface area contributed by atoms with E-state index in [1.54, 1.807) is 0 Å². The fraction of sp³-hybridized carbons (Fsp3) is 0.625. The van der Waals surface area contributed by atoms with Gasteiger partial charge in [0.15, 0.2) is 0 Å². The molecule has 0 aliphatic carbocycles. The lowest BCUT2D eigenvalue weighted by Gasteiger charge is -2.22. The molecule has 19 heavy (non-hydrogen) atoms.